The van der Waals surface area contributed by atoms with Gasteiger partial charge in [-0.1, -0.05) is 0 Å². The van der Waals surface area contributed by atoms with Crippen molar-refractivity contribution in [2.24, 2.45) is 0 Å². The van der Waals surface area contributed by atoms with Crippen LogP contribution >= 0.6 is 0 Å². The number of pyridine rings is 1. The summed E-state index contributed by atoms with van der Waals surface area (Å²) in [5.41, 5.74) is 0.903. The zero-order chi connectivity index (χ0) is 12.4. The lowest BCUT2D eigenvalue weighted by Gasteiger charge is -2.33. The summed E-state index contributed by atoms with van der Waals surface area (Å²) in [5.74, 6) is -0.741. The number of aromatic nitrogens is 1. The number of hydrogen-bond acceptors (Lipinski definition) is 5. The number of rotatable bonds is 1. The van der Waals surface area contributed by atoms with Crippen LogP contribution in [-0.2, 0) is 9.59 Å². The molecule has 1 atom stereocenters. The molecule has 1 N–H and O–H groups in total. The Morgan fingerprint density at radius 3 is 3.06 bits per heavy atom. The fraction of sp³-hybridized carbons (Fsp3) is 0.273. The molecular weight excluding hydrogens is 220 g/mol. The van der Waals surface area contributed by atoms with Gasteiger partial charge in [0.15, 0.2) is 0 Å². The maximum absolute atomic E-state index is 11.5. The first-order valence-electron chi connectivity index (χ1n) is 5.08. The fourth-order valence-corrected chi connectivity index (χ4v) is 1.72. The highest BCUT2D eigenvalue weighted by Gasteiger charge is 2.31. The van der Waals surface area contributed by atoms with E-state index in [1.165, 1.54) is 12.4 Å². The number of nitrogens with zero attached hydrogens (tertiary/aromatic N) is 3. The number of hydrogen-bond donors (Lipinski definition) is 1. The topological polar surface area (TPSA) is 86.1 Å². The molecule has 1 aliphatic heterocycles. The molecule has 2 amide bonds. The zero-order valence-corrected chi connectivity index (χ0v) is 9.17. The van der Waals surface area contributed by atoms with Crippen LogP contribution in [0.5, 0.6) is 0 Å². The van der Waals surface area contributed by atoms with E-state index in [4.69, 9.17) is 5.26 Å². The molecule has 0 aromatic carbocycles. The van der Waals surface area contributed by atoms with Crippen molar-refractivity contribution in [3.8, 4) is 6.07 Å². The molecule has 1 saturated heterocycles. The number of nitrogens with one attached hydrogen (secondary N) is 1. The third-order valence-corrected chi connectivity index (χ3v) is 2.65. The van der Waals surface area contributed by atoms with Crippen molar-refractivity contribution in [3.63, 3.8) is 0 Å². The van der Waals surface area contributed by atoms with Gasteiger partial charge < -0.3 is 4.90 Å². The van der Waals surface area contributed by atoms with Crippen molar-refractivity contribution >= 4 is 17.5 Å². The minimum absolute atomic E-state index is 0.0489. The van der Waals surface area contributed by atoms with Crippen molar-refractivity contribution < 1.29 is 9.59 Å². The van der Waals surface area contributed by atoms with E-state index in [0.717, 1.165) is 0 Å². The van der Waals surface area contributed by atoms with Gasteiger partial charge in [-0.05, 0) is 13.0 Å². The molecule has 0 radical (unpaired) electrons. The van der Waals surface area contributed by atoms with E-state index in [-0.39, 0.29) is 18.4 Å². The lowest BCUT2D eigenvalue weighted by atomic mass is 10.1. The lowest BCUT2D eigenvalue weighted by Crippen LogP contribution is -2.57. The maximum atomic E-state index is 11.5. The Balaban J connectivity index is 2.42. The van der Waals surface area contributed by atoms with Gasteiger partial charge >= 0.3 is 0 Å². The standard InChI is InChI=1S/C11H10N4O2/c1-7-11(17)14-10(16)6-15(7)9-5-13-3-2-8(9)4-12/h2-3,5,7H,6H2,1H3,(H,14,16,17). The van der Waals surface area contributed by atoms with Crippen molar-refractivity contribution in [2.45, 2.75) is 13.0 Å². The molecule has 1 aromatic rings. The third-order valence-electron chi connectivity index (χ3n) is 2.65. The molecule has 6 nitrogen and oxygen atoms in total. The summed E-state index contributed by atoms with van der Waals surface area (Å²) < 4.78 is 0. The first-order valence-corrected chi connectivity index (χ1v) is 5.08. The molecular formula is C11H10N4O2. The summed E-state index contributed by atoms with van der Waals surface area (Å²) in [6.07, 6.45) is 2.99. The van der Waals surface area contributed by atoms with Crippen molar-refractivity contribution in [1.29, 1.82) is 5.26 Å². The van der Waals surface area contributed by atoms with Crippen LogP contribution in [0.2, 0.25) is 0 Å². The number of imide groups is 1. The Labute approximate surface area is 97.9 Å². The number of carbonyl (C=O) groups excluding carboxylic acids is 2. The SMILES string of the molecule is CC1C(=O)NC(=O)CN1c1cnccc1C#N. The number of nitriles is 1. The Morgan fingerprint density at radius 1 is 1.59 bits per heavy atom. The molecule has 0 spiro atoms. The first kappa shape index (κ1) is 11.1. The quantitative estimate of drug-likeness (QED) is 0.675. The number of piperazine rings is 1. The lowest BCUT2D eigenvalue weighted by molar-refractivity contribution is -0.132. The number of amides is 2. The second kappa shape index (κ2) is 4.22. The van der Waals surface area contributed by atoms with E-state index >= 15 is 0 Å². The Kier molecular flexibility index (Phi) is 2.75. The Hall–Kier alpha value is -2.42. The van der Waals surface area contributed by atoms with Crippen LogP contribution in [0.3, 0.4) is 0 Å². The molecule has 1 aliphatic rings. The largest absolute Gasteiger partial charge is 0.348 e. The van der Waals surface area contributed by atoms with Gasteiger partial charge in [-0.15, -0.1) is 0 Å². The van der Waals surface area contributed by atoms with Crippen LogP contribution in [0.15, 0.2) is 18.5 Å². The van der Waals surface area contributed by atoms with Crippen LogP contribution in [0, 0.1) is 11.3 Å². The van der Waals surface area contributed by atoms with E-state index in [9.17, 15) is 9.59 Å². The van der Waals surface area contributed by atoms with Crippen molar-refractivity contribution in [2.75, 3.05) is 11.4 Å². The molecule has 1 aromatic heterocycles. The highest BCUT2D eigenvalue weighted by molar-refractivity contribution is 6.04. The zero-order valence-electron chi connectivity index (χ0n) is 9.17. The smallest absolute Gasteiger partial charge is 0.249 e. The Bertz CT molecular complexity index is 520. The normalized spacial score (nSPS) is 19.8. The molecule has 86 valence electrons. The molecule has 2 rings (SSSR count). The van der Waals surface area contributed by atoms with E-state index in [1.54, 1.807) is 17.9 Å². The van der Waals surface area contributed by atoms with Crippen LogP contribution < -0.4 is 10.2 Å². The van der Waals surface area contributed by atoms with Gasteiger partial charge in [0.25, 0.3) is 0 Å². The van der Waals surface area contributed by atoms with Gasteiger partial charge in [0.2, 0.25) is 11.8 Å². The molecule has 1 fully saturated rings. The van der Waals surface area contributed by atoms with Crippen LogP contribution in [0.1, 0.15) is 12.5 Å². The predicted octanol–water partition coefficient (Wildman–Crippen LogP) is -0.195. The summed E-state index contributed by atoms with van der Waals surface area (Å²) in [6, 6.07) is 3.08. The molecule has 0 saturated carbocycles. The summed E-state index contributed by atoms with van der Waals surface area (Å²) in [5, 5.41) is 11.2. The average molecular weight is 230 g/mol. The highest BCUT2D eigenvalue weighted by atomic mass is 16.2. The van der Waals surface area contributed by atoms with Crippen LogP contribution in [0.4, 0.5) is 5.69 Å². The van der Waals surface area contributed by atoms with Gasteiger partial charge in [-0.25, -0.2) is 0 Å². The van der Waals surface area contributed by atoms with E-state index < -0.39 is 6.04 Å². The summed E-state index contributed by atoms with van der Waals surface area (Å²) >= 11 is 0. The fourth-order valence-electron chi connectivity index (χ4n) is 1.72. The van der Waals surface area contributed by atoms with Crippen LogP contribution in [-0.4, -0.2) is 29.4 Å². The van der Waals surface area contributed by atoms with Gasteiger partial charge in [0, 0.05) is 6.20 Å². The van der Waals surface area contributed by atoms with Gasteiger partial charge in [-0.2, -0.15) is 5.26 Å². The van der Waals surface area contributed by atoms with Crippen LogP contribution in [0.25, 0.3) is 0 Å². The van der Waals surface area contributed by atoms with E-state index in [0.29, 0.717) is 11.3 Å². The van der Waals surface area contributed by atoms with Crippen molar-refractivity contribution in [3.05, 3.63) is 24.0 Å². The first-order chi connectivity index (χ1) is 8.13. The van der Waals surface area contributed by atoms with E-state index in [1.807, 2.05) is 6.07 Å². The average Bonchev–Trinajstić information content (AvgIpc) is 2.33. The van der Waals surface area contributed by atoms with Gasteiger partial charge in [-0.3, -0.25) is 19.9 Å². The second-order valence-corrected chi connectivity index (χ2v) is 3.72. The summed E-state index contributed by atoms with van der Waals surface area (Å²) in [6.45, 7) is 1.73. The minimum Gasteiger partial charge on any atom is -0.348 e. The highest BCUT2D eigenvalue weighted by Crippen LogP contribution is 2.21. The number of anilines is 1. The summed E-state index contributed by atoms with van der Waals surface area (Å²) in [4.78, 5) is 28.3. The third kappa shape index (κ3) is 1.95. The van der Waals surface area contributed by atoms with Crippen molar-refractivity contribution in [1.82, 2.24) is 10.3 Å². The monoisotopic (exact) mass is 230 g/mol. The van der Waals surface area contributed by atoms with E-state index in [2.05, 4.69) is 10.3 Å². The molecule has 1 unspecified atom stereocenters. The number of carbonyl (C=O) groups is 2. The predicted molar refractivity (Wildman–Crippen MR) is 58.9 cm³/mol. The minimum atomic E-state index is -0.496. The molecule has 0 bridgehead atoms. The maximum Gasteiger partial charge on any atom is 0.249 e. The molecule has 2 heterocycles. The second-order valence-electron chi connectivity index (χ2n) is 3.72. The summed E-state index contributed by atoms with van der Waals surface area (Å²) in [7, 11) is 0. The molecule has 0 aliphatic carbocycles. The Morgan fingerprint density at radius 2 is 2.35 bits per heavy atom. The molecule has 6 heteroatoms. The van der Waals surface area contributed by atoms with Gasteiger partial charge in [0.05, 0.1) is 24.0 Å². The molecule has 17 heavy (non-hydrogen) atoms. The van der Waals surface area contributed by atoms with Gasteiger partial charge in [0.1, 0.15) is 12.1 Å².